The molecule has 1 fully saturated rings. The average Bonchev–Trinajstić information content (AvgIpc) is 2.34. The van der Waals surface area contributed by atoms with Crippen LogP contribution in [0.2, 0.25) is 0 Å². The van der Waals surface area contributed by atoms with Crippen LogP contribution >= 0.6 is 0 Å². The zero-order chi connectivity index (χ0) is 13.5. The molecule has 104 valence electrons. The van der Waals surface area contributed by atoms with Crippen LogP contribution in [0.4, 0.5) is 0 Å². The van der Waals surface area contributed by atoms with E-state index in [4.69, 9.17) is 0 Å². The largest absolute Gasteiger partial charge is 0.354 e. The molecule has 4 heteroatoms. The molecule has 2 amide bonds. The third kappa shape index (κ3) is 4.67. The van der Waals surface area contributed by atoms with E-state index < -0.39 is 0 Å². The molecule has 1 saturated carbocycles. The number of nitrogens with zero attached hydrogens (tertiary/aromatic N) is 1. The monoisotopic (exact) mass is 254 g/mol. The van der Waals surface area contributed by atoms with Crippen LogP contribution in [0.15, 0.2) is 0 Å². The third-order valence-corrected chi connectivity index (χ3v) is 3.66. The Kier molecular flexibility index (Phi) is 6.16. The standard InChI is InChI=1S/C14H26N2O2/c1-11(2)16(12(3)17)10-9-15-14(18)13-7-5-4-6-8-13/h11,13H,4-10H2,1-3H3,(H,15,18). The van der Waals surface area contributed by atoms with Gasteiger partial charge in [0.2, 0.25) is 11.8 Å². The Morgan fingerprint density at radius 1 is 1.22 bits per heavy atom. The SMILES string of the molecule is CC(=O)N(CCNC(=O)C1CCCCC1)C(C)C. The quantitative estimate of drug-likeness (QED) is 0.815. The lowest BCUT2D eigenvalue weighted by Crippen LogP contribution is -2.42. The first-order valence-corrected chi connectivity index (χ1v) is 7.07. The van der Waals surface area contributed by atoms with Gasteiger partial charge in [-0.15, -0.1) is 0 Å². The highest BCUT2D eigenvalue weighted by atomic mass is 16.2. The fourth-order valence-electron chi connectivity index (χ4n) is 2.59. The fourth-order valence-corrected chi connectivity index (χ4v) is 2.59. The van der Waals surface area contributed by atoms with Crippen LogP contribution in [0.25, 0.3) is 0 Å². The molecule has 1 aliphatic rings. The van der Waals surface area contributed by atoms with Gasteiger partial charge >= 0.3 is 0 Å². The van der Waals surface area contributed by atoms with Gasteiger partial charge in [-0.25, -0.2) is 0 Å². The predicted molar refractivity (Wildman–Crippen MR) is 72.1 cm³/mol. The summed E-state index contributed by atoms with van der Waals surface area (Å²) in [7, 11) is 0. The van der Waals surface area contributed by atoms with Crippen molar-refractivity contribution in [2.24, 2.45) is 5.92 Å². The van der Waals surface area contributed by atoms with E-state index in [-0.39, 0.29) is 23.8 Å². The molecule has 1 aliphatic carbocycles. The highest BCUT2D eigenvalue weighted by Gasteiger charge is 2.21. The molecule has 1 N–H and O–H groups in total. The van der Waals surface area contributed by atoms with Gasteiger partial charge in [-0.3, -0.25) is 9.59 Å². The smallest absolute Gasteiger partial charge is 0.223 e. The minimum atomic E-state index is 0.0666. The number of carbonyl (C=O) groups is 2. The van der Waals surface area contributed by atoms with E-state index in [0.717, 1.165) is 12.8 Å². The molecule has 1 rings (SSSR count). The first-order chi connectivity index (χ1) is 8.52. The minimum Gasteiger partial charge on any atom is -0.354 e. The van der Waals surface area contributed by atoms with Gasteiger partial charge in [0.05, 0.1) is 0 Å². The van der Waals surface area contributed by atoms with E-state index in [0.29, 0.717) is 13.1 Å². The second-order valence-corrected chi connectivity index (χ2v) is 5.43. The van der Waals surface area contributed by atoms with E-state index in [1.165, 1.54) is 19.3 Å². The van der Waals surface area contributed by atoms with Crippen LogP contribution < -0.4 is 5.32 Å². The number of hydrogen-bond donors (Lipinski definition) is 1. The summed E-state index contributed by atoms with van der Waals surface area (Å²) in [6, 6.07) is 0.189. The van der Waals surface area contributed by atoms with Crippen molar-refractivity contribution in [2.75, 3.05) is 13.1 Å². The summed E-state index contributed by atoms with van der Waals surface area (Å²) in [6.45, 7) is 6.72. The molecular formula is C14H26N2O2. The van der Waals surface area contributed by atoms with Crippen molar-refractivity contribution in [3.8, 4) is 0 Å². The fraction of sp³-hybridized carbons (Fsp3) is 0.857. The van der Waals surface area contributed by atoms with E-state index in [1.54, 1.807) is 11.8 Å². The van der Waals surface area contributed by atoms with E-state index in [9.17, 15) is 9.59 Å². The Labute approximate surface area is 110 Å². The van der Waals surface area contributed by atoms with Gasteiger partial charge in [0.1, 0.15) is 0 Å². The molecule has 0 bridgehead atoms. The summed E-state index contributed by atoms with van der Waals surface area (Å²) in [5.74, 6) is 0.433. The van der Waals surface area contributed by atoms with Crippen LogP contribution in [0.5, 0.6) is 0 Å². The lowest BCUT2D eigenvalue weighted by molar-refractivity contribution is -0.131. The summed E-state index contributed by atoms with van der Waals surface area (Å²) in [4.78, 5) is 25.1. The van der Waals surface area contributed by atoms with Crippen molar-refractivity contribution >= 4 is 11.8 Å². The zero-order valence-electron chi connectivity index (χ0n) is 11.9. The Bertz CT molecular complexity index is 284. The van der Waals surface area contributed by atoms with Gasteiger partial charge in [0.25, 0.3) is 0 Å². The normalized spacial score (nSPS) is 16.7. The molecule has 0 aromatic rings. The molecule has 0 aromatic carbocycles. The second-order valence-electron chi connectivity index (χ2n) is 5.43. The van der Waals surface area contributed by atoms with Crippen molar-refractivity contribution < 1.29 is 9.59 Å². The molecule has 0 atom stereocenters. The van der Waals surface area contributed by atoms with Gasteiger partial charge < -0.3 is 10.2 Å². The zero-order valence-corrected chi connectivity index (χ0v) is 11.9. The summed E-state index contributed by atoms with van der Waals surface area (Å²) >= 11 is 0. The van der Waals surface area contributed by atoms with Crippen LogP contribution in [0.3, 0.4) is 0 Å². The van der Waals surface area contributed by atoms with Gasteiger partial charge in [0, 0.05) is 32.0 Å². The highest BCUT2D eigenvalue weighted by Crippen LogP contribution is 2.23. The van der Waals surface area contributed by atoms with Crippen molar-refractivity contribution in [2.45, 2.75) is 58.9 Å². The second kappa shape index (κ2) is 7.39. The average molecular weight is 254 g/mol. The van der Waals surface area contributed by atoms with E-state index >= 15 is 0 Å². The lowest BCUT2D eigenvalue weighted by Gasteiger charge is -2.26. The van der Waals surface area contributed by atoms with Gasteiger partial charge in [-0.05, 0) is 26.7 Å². The first kappa shape index (κ1) is 15.0. The van der Waals surface area contributed by atoms with Crippen molar-refractivity contribution in [1.82, 2.24) is 10.2 Å². The molecule has 4 nitrogen and oxygen atoms in total. The molecule has 0 aromatic heterocycles. The number of hydrogen-bond acceptors (Lipinski definition) is 2. The van der Waals surface area contributed by atoms with Crippen LogP contribution in [0.1, 0.15) is 52.9 Å². The first-order valence-electron chi connectivity index (χ1n) is 7.07. The maximum absolute atomic E-state index is 11.9. The maximum Gasteiger partial charge on any atom is 0.223 e. The van der Waals surface area contributed by atoms with Crippen molar-refractivity contribution in [1.29, 1.82) is 0 Å². The molecule has 0 spiro atoms. The summed E-state index contributed by atoms with van der Waals surface area (Å²) in [5.41, 5.74) is 0. The predicted octanol–water partition coefficient (Wildman–Crippen LogP) is 1.94. The van der Waals surface area contributed by atoms with E-state index in [1.807, 2.05) is 13.8 Å². The Morgan fingerprint density at radius 3 is 2.33 bits per heavy atom. The highest BCUT2D eigenvalue weighted by molar-refractivity contribution is 5.78. The summed E-state index contributed by atoms with van der Waals surface area (Å²) in [5, 5.41) is 2.96. The summed E-state index contributed by atoms with van der Waals surface area (Å²) < 4.78 is 0. The number of carbonyl (C=O) groups excluding carboxylic acids is 2. The van der Waals surface area contributed by atoms with Crippen LogP contribution in [-0.4, -0.2) is 35.8 Å². The molecular weight excluding hydrogens is 228 g/mol. The van der Waals surface area contributed by atoms with Gasteiger partial charge in [-0.1, -0.05) is 19.3 Å². The topological polar surface area (TPSA) is 49.4 Å². The van der Waals surface area contributed by atoms with Gasteiger partial charge in [-0.2, -0.15) is 0 Å². The number of nitrogens with one attached hydrogen (secondary N) is 1. The maximum atomic E-state index is 11.9. The van der Waals surface area contributed by atoms with Crippen molar-refractivity contribution in [3.63, 3.8) is 0 Å². The Hall–Kier alpha value is -1.06. The Balaban J connectivity index is 2.27. The minimum absolute atomic E-state index is 0.0666. The Morgan fingerprint density at radius 2 is 1.83 bits per heavy atom. The number of rotatable bonds is 5. The third-order valence-electron chi connectivity index (χ3n) is 3.66. The molecule has 18 heavy (non-hydrogen) atoms. The van der Waals surface area contributed by atoms with E-state index in [2.05, 4.69) is 5.32 Å². The molecule has 0 heterocycles. The molecule has 0 saturated heterocycles. The molecule has 0 radical (unpaired) electrons. The molecule has 0 aliphatic heterocycles. The van der Waals surface area contributed by atoms with Gasteiger partial charge in [0.15, 0.2) is 0 Å². The number of amides is 2. The lowest BCUT2D eigenvalue weighted by atomic mass is 9.89. The van der Waals surface area contributed by atoms with Crippen molar-refractivity contribution in [3.05, 3.63) is 0 Å². The van der Waals surface area contributed by atoms with Crippen LogP contribution in [-0.2, 0) is 9.59 Å². The van der Waals surface area contributed by atoms with Crippen LogP contribution in [0, 0.1) is 5.92 Å². The summed E-state index contributed by atoms with van der Waals surface area (Å²) in [6.07, 6.45) is 5.64. The molecule has 0 unspecified atom stereocenters.